The Labute approximate surface area is 96.2 Å². The largest absolute Gasteiger partial charge is 0.248 e. The van der Waals surface area contributed by atoms with Gasteiger partial charge in [0.1, 0.15) is 0 Å². The first-order valence-electron chi connectivity index (χ1n) is 5.68. The van der Waals surface area contributed by atoms with E-state index in [1.54, 1.807) is 0 Å². The van der Waals surface area contributed by atoms with Crippen molar-refractivity contribution in [3.63, 3.8) is 0 Å². The van der Waals surface area contributed by atoms with Gasteiger partial charge in [0.2, 0.25) is 0 Å². The zero-order valence-corrected chi connectivity index (χ0v) is 10.7. The van der Waals surface area contributed by atoms with Gasteiger partial charge in [-0.3, -0.25) is 0 Å². The van der Waals surface area contributed by atoms with E-state index in [1.165, 1.54) is 35.4 Å². The van der Waals surface area contributed by atoms with Crippen LogP contribution >= 0.6 is 11.3 Å². The van der Waals surface area contributed by atoms with E-state index < -0.39 is 0 Å². The fourth-order valence-electron chi connectivity index (χ4n) is 2.93. The van der Waals surface area contributed by atoms with E-state index in [1.807, 2.05) is 16.8 Å². The second-order valence-electron chi connectivity index (χ2n) is 4.88. The molecule has 1 atom stereocenters. The summed E-state index contributed by atoms with van der Waals surface area (Å²) in [5, 5.41) is 0. The Kier molecular flexibility index (Phi) is 2.72. The summed E-state index contributed by atoms with van der Waals surface area (Å²) >= 11 is 1.81. The Hall–Kier alpha value is -0.630. The van der Waals surface area contributed by atoms with E-state index in [0.29, 0.717) is 5.92 Å². The second kappa shape index (κ2) is 3.75. The third-order valence-corrected chi connectivity index (χ3v) is 4.68. The highest BCUT2D eigenvalue weighted by Crippen LogP contribution is 2.47. The van der Waals surface area contributed by atoms with Gasteiger partial charge in [0, 0.05) is 10.3 Å². The van der Waals surface area contributed by atoms with Crippen LogP contribution in [0, 0.1) is 5.92 Å². The van der Waals surface area contributed by atoms with Crippen molar-refractivity contribution in [2.45, 2.75) is 45.4 Å². The zero-order chi connectivity index (χ0) is 11.1. The third kappa shape index (κ3) is 1.46. The Morgan fingerprint density at radius 1 is 1.60 bits per heavy atom. The van der Waals surface area contributed by atoms with E-state index >= 15 is 0 Å². The fraction of sp³-hybridized carbons (Fsp3) is 0.615. The summed E-state index contributed by atoms with van der Waals surface area (Å²) in [6, 6.07) is 0. The van der Waals surface area contributed by atoms with Gasteiger partial charge in [-0.15, -0.1) is 11.3 Å². The minimum absolute atomic E-state index is 0.146. The van der Waals surface area contributed by atoms with Gasteiger partial charge in [-0.2, -0.15) is 0 Å². The van der Waals surface area contributed by atoms with Gasteiger partial charge in [-0.25, -0.2) is 4.98 Å². The molecule has 1 heterocycles. The zero-order valence-electron chi connectivity index (χ0n) is 9.84. The van der Waals surface area contributed by atoms with E-state index in [2.05, 4.69) is 32.3 Å². The lowest BCUT2D eigenvalue weighted by molar-refractivity contribution is 0.307. The van der Waals surface area contributed by atoms with Crippen molar-refractivity contribution in [2.24, 2.45) is 5.92 Å². The summed E-state index contributed by atoms with van der Waals surface area (Å²) in [4.78, 5) is 6.09. The van der Waals surface area contributed by atoms with Crippen molar-refractivity contribution in [3.8, 4) is 0 Å². The molecule has 1 aromatic rings. The van der Waals surface area contributed by atoms with Crippen LogP contribution in [0.2, 0.25) is 0 Å². The van der Waals surface area contributed by atoms with Crippen LogP contribution in [0.3, 0.4) is 0 Å². The van der Waals surface area contributed by atoms with Crippen molar-refractivity contribution in [1.82, 2.24) is 4.98 Å². The Morgan fingerprint density at radius 2 is 2.33 bits per heavy atom. The molecule has 0 fully saturated rings. The number of hydrogen-bond donors (Lipinski definition) is 0. The molecule has 0 N–H and O–H groups in total. The Bertz CT molecular complexity index is 378. The van der Waals surface area contributed by atoms with Gasteiger partial charge in [-0.1, -0.05) is 26.0 Å². The monoisotopic (exact) mass is 221 g/mol. The smallest absolute Gasteiger partial charge is 0.0798 e. The van der Waals surface area contributed by atoms with Crippen molar-refractivity contribution < 1.29 is 0 Å². The highest BCUT2D eigenvalue weighted by Gasteiger charge is 2.41. The van der Waals surface area contributed by atoms with E-state index in [-0.39, 0.29) is 5.41 Å². The SMILES string of the molecule is C=C(C)C1(C(C)C)CCCc2scnc21. The minimum Gasteiger partial charge on any atom is -0.248 e. The number of thiazole rings is 1. The van der Waals surface area contributed by atoms with Gasteiger partial charge in [0.15, 0.2) is 0 Å². The highest BCUT2D eigenvalue weighted by molar-refractivity contribution is 7.09. The third-order valence-electron chi connectivity index (χ3n) is 3.79. The van der Waals surface area contributed by atoms with Crippen LogP contribution in [0.4, 0.5) is 0 Å². The molecule has 0 spiro atoms. The van der Waals surface area contributed by atoms with Crippen LogP contribution < -0.4 is 0 Å². The van der Waals surface area contributed by atoms with Crippen LogP contribution in [-0.4, -0.2) is 4.98 Å². The average molecular weight is 221 g/mol. The molecule has 0 aromatic carbocycles. The van der Waals surface area contributed by atoms with E-state index in [4.69, 9.17) is 0 Å². The minimum atomic E-state index is 0.146. The molecule has 1 aromatic heterocycles. The second-order valence-corrected chi connectivity index (χ2v) is 5.82. The molecular formula is C13H19NS. The number of rotatable bonds is 2. The van der Waals surface area contributed by atoms with Gasteiger partial charge >= 0.3 is 0 Å². The summed E-state index contributed by atoms with van der Waals surface area (Å²) in [6.45, 7) is 11.0. The molecule has 0 saturated heterocycles. The Morgan fingerprint density at radius 3 is 2.93 bits per heavy atom. The maximum absolute atomic E-state index is 4.61. The van der Waals surface area contributed by atoms with Crippen LogP contribution in [-0.2, 0) is 11.8 Å². The molecule has 0 bridgehead atoms. The maximum atomic E-state index is 4.61. The standard InChI is InChI=1S/C13H19NS/c1-9(2)13(10(3)4)7-5-6-11-12(13)14-8-15-11/h8,10H,1,5-7H2,2-4H3. The van der Waals surface area contributed by atoms with Crippen molar-refractivity contribution in [3.05, 3.63) is 28.2 Å². The van der Waals surface area contributed by atoms with Gasteiger partial charge in [-0.05, 0) is 32.1 Å². The van der Waals surface area contributed by atoms with Crippen molar-refractivity contribution in [1.29, 1.82) is 0 Å². The molecule has 0 radical (unpaired) electrons. The average Bonchev–Trinajstić information content (AvgIpc) is 2.63. The normalized spacial score (nSPS) is 25.3. The summed E-state index contributed by atoms with van der Waals surface area (Å²) in [5.74, 6) is 0.594. The van der Waals surface area contributed by atoms with Crippen LogP contribution in [0.25, 0.3) is 0 Å². The summed E-state index contributed by atoms with van der Waals surface area (Å²) in [7, 11) is 0. The first-order chi connectivity index (χ1) is 7.09. The molecule has 15 heavy (non-hydrogen) atoms. The molecule has 2 heteroatoms. The highest BCUT2D eigenvalue weighted by atomic mass is 32.1. The molecule has 1 nitrogen and oxygen atoms in total. The van der Waals surface area contributed by atoms with Crippen molar-refractivity contribution in [2.75, 3.05) is 0 Å². The van der Waals surface area contributed by atoms with Gasteiger partial charge in [0.25, 0.3) is 0 Å². The molecule has 0 aliphatic heterocycles. The summed E-state index contributed by atoms with van der Waals surface area (Å²) in [6.07, 6.45) is 3.71. The summed E-state index contributed by atoms with van der Waals surface area (Å²) < 4.78 is 0. The van der Waals surface area contributed by atoms with Gasteiger partial charge in [0.05, 0.1) is 11.2 Å². The molecule has 1 aliphatic rings. The number of fused-ring (bicyclic) bond motifs is 1. The molecule has 1 aliphatic carbocycles. The predicted octanol–water partition coefficient (Wildman–Crippen LogP) is 3.95. The number of aromatic nitrogens is 1. The lowest BCUT2D eigenvalue weighted by atomic mass is 9.64. The number of allylic oxidation sites excluding steroid dienone is 1. The lowest BCUT2D eigenvalue weighted by Crippen LogP contribution is -2.37. The molecular weight excluding hydrogens is 202 g/mol. The molecule has 0 saturated carbocycles. The van der Waals surface area contributed by atoms with E-state index in [9.17, 15) is 0 Å². The quantitative estimate of drug-likeness (QED) is 0.689. The molecule has 1 unspecified atom stereocenters. The molecule has 0 amide bonds. The van der Waals surface area contributed by atoms with Crippen LogP contribution in [0.5, 0.6) is 0 Å². The van der Waals surface area contributed by atoms with Crippen molar-refractivity contribution >= 4 is 11.3 Å². The molecule has 2 rings (SSSR count). The first-order valence-corrected chi connectivity index (χ1v) is 6.56. The summed E-state index contributed by atoms with van der Waals surface area (Å²) in [5.41, 5.74) is 4.74. The van der Waals surface area contributed by atoms with Crippen LogP contribution in [0.15, 0.2) is 17.7 Å². The number of aryl methyl sites for hydroxylation is 1. The number of nitrogens with zero attached hydrogens (tertiary/aromatic N) is 1. The fourth-order valence-corrected chi connectivity index (χ4v) is 3.82. The number of hydrogen-bond acceptors (Lipinski definition) is 2. The topological polar surface area (TPSA) is 12.9 Å². The van der Waals surface area contributed by atoms with Gasteiger partial charge < -0.3 is 0 Å². The van der Waals surface area contributed by atoms with E-state index in [0.717, 1.165) is 0 Å². The van der Waals surface area contributed by atoms with Crippen LogP contribution in [0.1, 0.15) is 44.2 Å². The lowest BCUT2D eigenvalue weighted by Gasteiger charge is -2.40. The predicted molar refractivity (Wildman–Crippen MR) is 66.4 cm³/mol. The molecule has 82 valence electrons. The Balaban J connectivity index is 2.57. The first kappa shape index (κ1) is 10.9. The maximum Gasteiger partial charge on any atom is 0.0798 e.